The van der Waals surface area contributed by atoms with E-state index in [9.17, 15) is 0 Å². The first kappa shape index (κ1) is 15.2. The molecule has 106 valence electrons. The Morgan fingerprint density at radius 3 is 2.40 bits per heavy atom. The average Bonchev–Trinajstić information content (AvgIpc) is 2.46. The standard InChI is InChI=1S/C16H17Cl2NO/c1-11(12-4-7-15(20-2)8-5-12)19-10-13-3-6-14(17)9-16(13)18/h3-9,11,19H,10H2,1-2H3/t11-/m0/s1. The van der Waals surface area contributed by atoms with Gasteiger partial charge in [-0.15, -0.1) is 0 Å². The third-order valence-corrected chi connectivity index (χ3v) is 3.82. The van der Waals surface area contributed by atoms with Crippen molar-refractivity contribution in [3.8, 4) is 5.75 Å². The van der Waals surface area contributed by atoms with Gasteiger partial charge in [0.2, 0.25) is 0 Å². The van der Waals surface area contributed by atoms with Gasteiger partial charge in [-0.05, 0) is 42.3 Å². The summed E-state index contributed by atoms with van der Waals surface area (Å²) in [6.45, 7) is 2.81. The van der Waals surface area contributed by atoms with Gasteiger partial charge in [0.1, 0.15) is 5.75 Å². The van der Waals surface area contributed by atoms with Crippen LogP contribution in [0.4, 0.5) is 0 Å². The highest BCUT2D eigenvalue weighted by Gasteiger charge is 2.07. The highest BCUT2D eigenvalue weighted by Crippen LogP contribution is 2.22. The lowest BCUT2D eigenvalue weighted by Crippen LogP contribution is -2.18. The van der Waals surface area contributed by atoms with Gasteiger partial charge in [0.25, 0.3) is 0 Å². The first-order valence-electron chi connectivity index (χ1n) is 6.41. The lowest BCUT2D eigenvalue weighted by Gasteiger charge is -2.15. The van der Waals surface area contributed by atoms with Gasteiger partial charge >= 0.3 is 0 Å². The van der Waals surface area contributed by atoms with E-state index in [1.165, 1.54) is 5.56 Å². The molecule has 2 rings (SSSR count). The second kappa shape index (κ2) is 6.98. The fourth-order valence-corrected chi connectivity index (χ4v) is 2.41. The number of methoxy groups -OCH3 is 1. The molecule has 0 aliphatic rings. The summed E-state index contributed by atoms with van der Waals surface area (Å²) in [4.78, 5) is 0. The Labute approximate surface area is 129 Å². The van der Waals surface area contributed by atoms with Gasteiger partial charge in [0, 0.05) is 22.6 Å². The summed E-state index contributed by atoms with van der Waals surface area (Å²) < 4.78 is 5.15. The average molecular weight is 310 g/mol. The van der Waals surface area contributed by atoms with E-state index in [1.54, 1.807) is 13.2 Å². The maximum atomic E-state index is 6.16. The molecule has 2 aromatic rings. The fraction of sp³-hybridized carbons (Fsp3) is 0.250. The van der Waals surface area contributed by atoms with Crippen LogP contribution in [0.2, 0.25) is 10.0 Å². The maximum Gasteiger partial charge on any atom is 0.118 e. The second-order valence-corrected chi connectivity index (χ2v) is 5.46. The van der Waals surface area contributed by atoms with E-state index in [2.05, 4.69) is 24.4 Å². The third-order valence-electron chi connectivity index (χ3n) is 3.23. The number of benzene rings is 2. The summed E-state index contributed by atoms with van der Waals surface area (Å²) in [6.07, 6.45) is 0. The predicted octanol–water partition coefficient (Wildman–Crippen LogP) is 4.85. The minimum absolute atomic E-state index is 0.229. The van der Waals surface area contributed by atoms with Gasteiger partial charge in [-0.1, -0.05) is 41.4 Å². The summed E-state index contributed by atoms with van der Waals surface area (Å²) in [5, 5.41) is 4.79. The normalized spacial score (nSPS) is 12.2. The zero-order chi connectivity index (χ0) is 14.5. The quantitative estimate of drug-likeness (QED) is 0.852. The van der Waals surface area contributed by atoms with Crippen LogP contribution in [0, 0.1) is 0 Å². The van der Waals surface area contributed by atoms with Gasteiger partial charge < -0.3 is 10.1 Å². The molecule has 2 nitrogen and oxygen atoms in total. The van der Waals surface area contributed by atoms with Gasteiger partial charge in [-0.2, -0.15) is 0 Å². The SMILES string of the molecule is COc1ccc([C@H](C)NCc2ccc(Cl)cc2Cl)cc1. The van der Waals surface area contributed by atoms with Crippen LogP contribution in [-0.4, -0.2) is 7.11 Å². The molecular weight excluding hydrogens is 293 g/mol. The van der Waals surface area contributed by atoms with Crippen molar-refractivity contribution in [2.45, 2.75) is 19.5 Å². The topological polar surface area (TPSA) is 21.3 Å². The zero-order valence-electron chi connectivity index (χ0n) is 11.5. The van der Waals surface area contributed by atoms with Crippen LogP contribution in [0.15, 0.2) is 42.5 Å². The highest BCUT2D eigenvalue weighted by atomic mass is 35.5. The maximum absolute atomic E-state index is 6.16. The molecule has 0 amide bonds. The van der Waals surface area contributed by atoms with Crippen LogP contribution in [-0.2, 0) is 6.54 Å². The molecule has 1 atom stereocenters. The number of halogens is 2. The van der Waals surface area contributed by atoms with Crippen LogP contribution < -0.4 is 10.1 Å². The van der Waals surface area contributed by atoms with Crippen molar-refractivity contribution in [1.29, 1.82) is 0 Å². The number of ether oxygens (including phenoxy) is 1. The summed E-state index contributed by atoms with van der Waals surface area (Å²) in [5.74, 6) is 0.863. The fourth-order valence-electron chi connectivity index (χ4n) is 1.94. The Morgan fingerprint density at radius 1 is 1.10 bits per heavy atom. The van der Waals surface area contributed by atoms with E-state index in [1.807, 2.05) is 24.3 Å². The number of nitrogens with one attached hydrogen (secondary N) is 1. The minimum atomic E-state index is 0.229. The van der Waals surface area contributed by atoms with Gasteiger partial charge in [0.15, 0.2) is 0 Å². The first-order chi connectivity index (χ1) is 9.60. The van der Waals surface area contributed by atoms with Crippen molar-refractivity contribution >= 4 is 23.2 Å². The molecule has 0 spiro atoms. The molecule has 0 unspecified atom stereocenters. The number of hydrogen-bond donors (Lipinski definition) is 1. The Balaban J connectivity index is 1.98. The molecule has 0 fully saturated rings. The van der Waals surface area contributed by atoms with E-state index >= 15 is 0 Å². The molecular formula is C16H17Cl2NO. The van der Waals surface area contributed by atoms with Crippen molar-refractivity contribution < 1.29 is 4.74 Å². The Kier molecular flexibility index (Phi) is 5.30. The molecule has 20 heavy (non-hydrogen) atoms. The molecule has 0 saturated heterocycles. The molecule has 2 aromatic carbocycles. The lowest BCUT2D eigenvalue weighted by molar-refractivity contribution is 0.414. The summed E-state index contributed by atoms with van der Waals surface area (Å²) >= 11 is 12.0. The van der Waals surface area contributed by atoms with Crippen LogP contribution in [0.25, 0.3) is 0 Å². The number of rotatable bonds is 5. The van der Waals surface area contributed by atoms with Crippen molar-refractivity contribution in [3.63, 3.8) is 0 Å². The molecule has 4 heteroatoms. The Morgan fingerprint density at radius 2 is 1.80 bits per heavy atom. The molecule has 0 heterocycles. The molecule has 0 radical (unpaired) electrons. The Bertz CT molecular complexity index is 569. The van der Waals surface area contributed by atoms with Crippen molar-refractivity contribution in [1.82, 2.24) is 5.32 Å². The smallest absolute Gasteiger partial charge is 0.118 e. The molecule has 1 N–H and O–H groups in total. The monoisotopic (exact) mass is 309 g/mol. The largest absolute Gasteiger partial charge is 0.497 e. The first-order valence-corrected chi connectivity index (χ1v) is 7.17. The molecule has 0 aliphatic heterocycles. The Hall–Kier alpha value is -1.22. The summed E-state index contributed by atoms with van der Waals surface area (Å²) in [6, 6.07) is 13.8. The van der Waals surface area contributed by atoms with Gasteiger partial charge in [-0.3, -0.25) is 0 Å². The summed E-state index contributed by atoms with van der Waals surface area (Å²) in [7, 11) is 1.67. The van der Waals surface area contributed by atoms with Crippen LogP contribution in [0.5, 0.6) is 5.75 Å². The van der Waals surface area contributed by atoms with E-state index < -0.39 is 0 Å². The van der Waals surface area contributed by atoms with Crippen LogP contribution >= 0.6 is 23.2 Å². The number of hydrogen-bond acceptors (Lipinski definition) is 2. The highest BCUT2D eigenvalue weighted by molar-refractivity contribution is 6.35. The predicted molar refractivity (Wildman–Crippen MR) is 84.7 cm³/mol. The van der Waals surface area contributed by atoms with Crippen molar-refractivity contribution in [3.05, 3.63) is 63.6 Å². The van der Waals surface area contributed by atoms with Crippen LogP contribution in [0.1, 0.15) is 24.1 Å². The van der Waals surface area contributed by atoms with Crippen LogP contribution in [0.3, 0.4) is 0 Å². The minimum Gasteiger partial charge on any atom is -0.497 e. The lowest BCUT2D eigenvalue weighted by atomic mass is 10.1. The second-order valence-electron chi connectivity index (χ2n) is 4.61. The zero-order valence-corrected chi connectivity index (χ0v) is 13.0. The molecule has 0 bridgehead atoms. The van der Waals surface area contributed by atoms with E-state index in [4.69, 9.17) is 27.9 Å². The van der Waals surface area contributed by atoms with Gasteiger partial charge in [-0.25, -0.2) is 0 Å². The summed E-state index contributed by atoms with van der Waals surface area (Å²) in [5.41, 5.74) is 2.24. The third kappa shape index (κ3) is 3.89. The molecule has 0 saturated carbocycles. The van der Waals surface area contributed by atoms with Gasteiger partial charge in [0.05, 0.1) is 7.11 Å². The van der Waals surface area contributed by atoms with E-state index in [0.717, 1.165) is 11.3 Å². The van der Waals surface area contributed by atoms with Crippen molar-refractivity contribution in [2.75, 3.05) is 7.11 Å². The van der Waals surface area contributed by atoms with E-state index in [-0.39, 0.29) is 6.04 Å². The van der Waals surface area contributed by atoms with Crippen molar-refractivity contribution in [2.24, 2.45) is 0 Å². The van der Waals surface area contributed by atoms with E-state index in [0.29, 0.717) is 16.6 Å². The molecule has 0 aromatic heterocycles. The molecule has 0 aliphatic carbocycles.